The van der Waals surface area contributed by atoms with Gasteiger partial charge in [-0.3, -0.25) is 15.1 Å². The molecule has 4 heterocycles. The molecule has 1 N–H and O–H groups in total. The summed E-state index contributed by atoms with van der Waals surface area (Å²) >= 11 is 7.26. The van der Waals surface area contributed by atoms with Gasteiger partial charge in [0.25, 0.3) is 11.1 Å². The number of fused-ring (bicyclic) bond motifs is 1. The largest absolute Gasteiger partial charge is 0.494 e. The van der Waals surface area contributed by atoms with Gasteiger partial charge in [-0.05, 0) is 30.4 Å². The Bertz CT molecular complexity index is 1320. The van der Waals surface area contributed by atoms with Crippen molar-refractivity contribution in [2.24, 2.45) is 11.3 Å². The number of methoxy groups -OCH3 is 1. The maximum absolute atomic E-state index is 13.2. The van der Waals surface area contributed by atoms with Gasteiger partial charge in [0, 0.05) is 29.4 Å². The predicted molar refractivity (Wildman–Crippen MR) is 126 cm³/mol. The molecule has 0 bridgehead atoms. The van der Waals surface area contributed by atoms with Crippen LogP contribution in [0.5, 0.6) is 10.9 Å². The van der Waals surface area contributed by atoms with Crippen molar-refractivity contribution in [1.82, 2.24) is 20.2 Å². The SMILES string of the molecule is COc1cnc(Cl)cc1-c1cc(C)ncc1C(=O)Nc1nnc(OC[C@@]23CC#C[C@@H]2COC3)s1. The van der Waals surface area contributed by atoms with E-state index in [0.717, 1.165) is 23.5 Å². The van der Waals surface area contributed by atoms with Crippen molar-refractivity contribution < 1.29 is 19.0 Å². The van der Waals surface area contributed by atoms with Gasteiger partial charge in [-0.2, -0.15) is 0 Å². The molecule has 0 spiro atoms. The fourth-order valence-electron chi connectivity index (χ4n) is 4.01. The van der Waals surface area contributed by atoms with Crippen LogP contribution in [0.4, 0.5) is 5.13 Å². The first-order chi connectivity index (χ1) is 16.5. The maximum Gasteiger partial charge on any atom is 0.295 e. The second-order valence-corrected chi connectivity index (χ2v) is 9.45. The summed E-state index contributed by atoms with van der Waals surface area (Å²) in [6, 6.07) is 3.44. The van der Waals surface area contributed by atoms with Gasteiger partial charge in [0.05, 0.1) is 43.4 Å². The van der Waals surface area contributed by atoms with Crippen LogP contribution < -0.4 is 14.8 Å². The maximum atomic E-state index is 13.2. The molecule has 34 heavy (non-hydrogen) atoms. The van der Waals surface area contributed by atoms with E-state index >= 15 is 0 Å². The minimum absolute atomic E-state index is 0.150. The number of rotatable bonds is 7. The number of ether oxygens (including phenoxy) is 3. The monoisotopic (exact) mass is 497 g/mol. The average molecular weight is 498 g/mol. The molecule has 2 atom stereocenters. The van der Waals surface area contributed by atoms with Crippen molar-refractivity contribution in [3.63, 3.8) is 0 Å². The highest BCUT2D eigenvalue weighted by Gasteiger charge is 2.46. The summed E-state index contributed by atoms with van der Waals surface area (Å²) in [7, 11) is 1.53. The molecule has 1 fully saturated rings. The molecule has 0 radical (unpaired) electrons. The predicted octanol–water partition coefficient (Wildman–Crippen LogP) is 3.64. The minimum atomic E-state index is -0.396. The molecular formula is C23H20ClN5O4S. The smallest absolute Gasteiger partial charge is 0.295 e. The number of amides is 1. The number of aromatic nitrogens is 4. The highest BCUT2D eigenvalue weighted by molar-refractivity contribution is 7.17. The molecule has 174 valence electrons. The van der Waals surface area contributed by atoms with Crippen LogP contribution in [0.25, 0.3) is 11.1 Å². The van der Waals surface area contributed by atoms with E-state index in [0.29, 0.717) is 52.6 Å². The summed E-state index contributed by atoms with van der Waals surface area (Å²) in [5.41, 5.74) is 2.16. The van der Waals surface area contributed by atoms with Crippen LogP contribution in [0.15, 0.2) is 24.5 Å². The number of carbonyl (C=O) groups is 1. The molecule has 0 unspecified atom stereocenters. The highest BCUT2D eigenvalue weighted by atomic mass is 35.5. The van der Waals surface area contributed by atoms with E-state index in [1.54, 1.807) is 12.1 Å². The molecule has 2 aliphatic rings. The quantitative estimate of drug-likeness (QED) is 0.389. The van der Waals surface area contributed by atoms with E-state index in [9.17, 15) is 4.79 Å². The third-order valence-electron chi connectivity index (χ3n) is 5.87. The van der Waals surface area contributed by atoms with Crippen LogP contribution in [-0.2, 0) is 4.74 Å². The molecule has 0 aromatic carbocycles. The number of nitrogens with zero attached hydrogens (tertiary/aromatic N) is 4. The summed E-state index contributed by atoms with van der Waals surface area (Å²) in [6.07, 6.45) is 3.76. The van der Waals surface area contributed by atoms with Gasteiger partial charge in [-0.1, -0.05) is 22.6 Å². The number of halogens is 1. The summed E-state index contributed by atoms with van der Waals surface area (Å²) in [5.74, 6) is 6.64. The molecule has 1 saturated heterocycles. The van der Waals surface area contributed by atoms with Crippen LogP contribution in [-0.4, -0.2) is 53.0 Å². The molecule has 5 rings (SSSR count). The lowest BCUT2D eigenvalue weighted by molar-refractivity contribution is 0.102. The van der Waals surface area contributed by atoms with Gasteiger partial charge >= 0.3 is 0 Å². The Hall–Kier alpha value is -3.26. The van der Waals surface area contributed by atoms with E-state index in [-0.39, 0.29) is 16.5 Å². The summed E-state index contributed by atoms with van der Waals surface area (Å²) in [5, 5.41) is 11.8. The van der Waals surface area contributed by atoms with E-state index in [1.807, 2.05) is 6.92 Å². The molecule has 0 saturated carbocycles. The van der Waals surface area contributed by atoms with Gasteiger partial charge in [-0.25, -0.2) is 4.98 Å². The number of carbonyl (C=O) groups excluding carboxylic acids is 1. The summed E-state index contributed by atoms with van der Waals surface area (Å²) in [6.45, 7) is 3.50. The first kappa shape index (κ1) is 22.5. The molecule has 3 aromatic heterocycles. The van der Waals surface area contributed by atoms with E-state index < -0.39 is 5.91 Å². The fraction of sp³-hybridized carbons (Fsp3) is 0.348. The Labute approximate surface area is 204 Å². The van der Waals surface area contributed by atoms with Crippen molar-refractivity contribution >= 4 is 34.0 Å². The topological polar surface area (TPSA) is 108 Å². The normalized spacial score (nSPS) is 20.4. The highest BCUT2D eigenvalue weighted by Crippen LogP contribution is 2.41. The standard InChI is InChI=1S/C23H20ClN5O4S/c1-13-6-15(16-7-19(24)26-9-18(16)31-2)17(8-25-13)20(30)27-21-28-29-22(34-21)33-12-23-5-3-4-14(23)10-32-11-23/h6-9,14H,5,10-12H2,1-2H3,(H,27,28,30)/t14-,23+/m1/s1. The van der Waals surface area contributed by atoms with E-state index in [1.165, 1.54) is 19.5 Å². The number of nitrogens with one attached hydrogen (secondary N) is 1. The first-order valence-electron chi connectivity index (χ1n) is 10.5. The Balaban J connectivity index is 1.33. The second-order valence-electron chi connectivity index (χ2n) is 8.12. The van der Waals surface area contributed by atoms with Crippen LogP contribution in [0.3, 0.4) is 0 Å². The van der Waals surface area contributed by atoms with Gasteiger partial charge in [-0.15, -0.1) is 11.0 Å². The van der Waals surface area contributed by atoms with Crippen molar-refractivity contribution in [2.75, 3.05) is 32.2 Å². The summed E-state index contributed by atoms with van der Waals surface area (Å²) < 4.78 is 16.9. The Morgan fingerprint density at radius 1 is 1.32 bits per heavy atom. The molecule has 11 heteroatoms. The van der Waals surface area contributed by atoms with Crippen molar-refractivity contribution in [3.8, 4) is 33.9 Å². The molecule has 1 aliphatic carbocycles. The lowest BCUT2D eigenvalue weighted by Gasteiger charge is -2.25. The lowest BCUT2D eigenvalue weighted by Crippen LogP contribution is -2.32. The average Bonchev–Trinajstić information content (AvgIpc) is 3.53. The van der Waals surface area contributed by atoms with Gasteiger partial charge in [0.1, 0.15) is 17.5 Å². The fourth-order valence-corrected chi connectivity index (χ4v) is 4.76. The van der Waals surface area contributed by atoms with Gasteiger partial charge in [0.15, 0.2) is 0 Å². The Morgan fingerprint density at radius 2 is 2.21 bits per heavy atom. The van der Waals surface area contributed by atoms with Crippen molar-refractivity contribution in [2.45, 2.75) is 13.3 Å². The number of hydrogen-bond donors (Lipinski definition) is 1. The molecule has 1 aliphatic heterocycles. The molecular weight excluding hydrogens is 478 g/mol. The zero-order valence-electron chi connectivity index (χ0n) is 18.4. The van der Waals surface area contributed by atoms with Gasteiger partial charge < -0.3 is 14.2 Å². The molecule has 3 aromatic rings. The second kappa shape index (κ2) is 9.18. The Kier molecular flexibility index (Phi) is 6.08. The van der Waals surface area contributed by atoms with Crippen LogP contribution >= 0.6 is 22.9 Å². The number of anilines is 1. The molecule has 9 nitrogen and oxygen atoms in total. The third kappa shape index (κ3) is 4.30. The third-order valence-corrected chi connectivity index (χ3v) is 6.83. The number of pyridine rings is 2. The van der Waals surface area contributed by atoms with Crippen molar-refractivity contribution in [3.05, 3.63) is 40.9 Å². The van der Waals surface area contributed by atoms with E-state index in [2.05, 4.69) is 37.3 Å². The zero-order chi connectivity index (χ0) is 23.7. The van der Waals surface area contributed by atoms with Crippen LogP contribution in [0.2, 0.25) is 5.15 Å². The molecule has 1 amide bonds. The minimum Gasteiger partial charge on any atom is -0.494 e. The number of aryl methyl sites for hydroxylation is 1. The number of hydrogen-bond acceptors (Lipinski definition) is 9. The summed E-state index contributed by atoms with van der Waals surface area (Å²) in [4.78, 5) is 21.5. The van der Waals surface area contributed by atoms with E-state index in [4.69, 9.17) is 25.8 Å². The van der Waals surface area contributed by atoms with Gasteiger partial charge in [0.2, 0.25) is 5.13 Å². The van der Waals surface area contributed by atoms with Crippen LogP contribution in [0, 0.1) is 30.1 Å². The Morgan fingerprint density at radius 3 is 3.06 bits per heavy atom. The zero-order valence-corrected chi connectivity index (χ0v) is 20.0. The van der Waals surface area contributed by atoms with Crippen molar-refractivity contribution in [1.29, 1.82) is 0 Å². The first-order valence-corrected chi connectivity index (χ1v) is 11.7. The van der Waals surface area contributed by atoms with Crippen LogP contribution in [0.1, 0.15) is 22.5 Å². The lowest BCUT2D eigenvalue weighted by atomic mass is 9.80.